The highest BCUT2D eigenvalue weighted by Gasteiger charge is 2.13. The van der Waals surface area contributed by atoms with Crippen LogP contribution in [0.5, 0.6) is 0 Å². The van der Waals surface area contributed by atoms with E-state index in [1.54, 1.807) is 4.52 Å². The first-order valence-electron chi connectivity index (χ1n) is 7.86. The van der Waals surface area contributed by atoms with Crippen molar-refractivity contribution in [2.45, 2.75) is 46.5 Å². The predicted octanol–water partition coefficient (Wildman–Crippen LogP) is 2.12. The van der Waals surface area contributed by atoms with Crippen LogP contribution in [0.2, 0.25) is 0 Å². The van der Waals surface area contributed by atoms with E-state index in [1.165, 1.54) is 17.7 Å². The Morgan fingerprint density at radius 2 is 2.12 bits per heavy atom. The molecule has 0 saturated carbocycles. The molecule has 126 valence electrons. The number of nitrogens with zero attached hydrogens (tertiary/aromatic N) is 6. The third kappa shape index (κ3) is 3.40. The fraction of sp³-hybridized carbons (Fsp3) is 0.467. The quantitative estimate of drug-likeness (QED) is 0.735. The summed E-state index contributed by atoms with van der Waals surface area (Å²) in [5.41, 5.74) is 2.86. The van der Waals surface area contributed by atoms with Crippen LogP contribution < -0.4 is 5.32 Å². The lowest BCUT2D eigenvalue weighted by molar-refractivity contribution is -0.116. The summed E-state index contributed by atoms with van der Waals surface area (Å²) in [4.78, 5) is 20.7. The third-order valence-electron chi connectivity index (χ3n) is 3.77. The summed E-state index contributed by atoms with van der Waals surface area (Å²) < 4.78 is 1.70. The zero-order valence-corrected chi connectivity index (χ0v) is 14.7. The first-order valence-corrected chi connectivity index (χ1v) is 8.68. The SMILES string of the molecule is CCCc1nnc(NC(=O)CCc2c(C)nc3ncnn3c2C)s1. The number of rotatable bonds is 6. The van der Waals surface area contributed by atoms with Gasteiger partial charge in [-0.15, -0.1) is 10.2 Å². The zero-order chi connectivity index (χ0) is 17.1. The summed E-state index contributed by atoms with van der Waals surface area (Å²) in [6.07, 6.45) is 4.32. The minimum absolute atomic E-state index is 0.0771. The van der Waals surface area contributed by atoms with E-state index in [9.17, 15) is 4.79 Å². The van der Waals surface area contributed by atoms with Gasteiger partial charge in [0.05, 0.1) is 0 Å². The molecule has 8 nitrogen and oxygen atoms in total. The highest BCUT2D eigenvalue weighted by Crippen LogP contribution is 2.18. The number of hydrogen-bond donors (Lipinski definition) is 1. The monoisotopic (exact) mass is 345 g/mol. The average Bonchev–Trinajstić information content (AvgIpc) is 3.17. The van der Waals surface area contributed by atoms with E-state index in [1.807, 2.05) is 13.8 Å². The second-order valence-electron chi connectivity index (χ2n) is 5.53. The number of amides is 1. The van der Waals surface area contributed by atoms with Crippen molar-refractivity contribution in [2.24, 2.45) is 0 Å². The molecular formula is C15H19N7OS. The van der Waals surface area contributed by atoms with Gasteiger partial charge in [0, 0.05) is 24.2 Å². The molecule has 0 bridgehead atoms. The third-order valence-corrected chi connectivity index (χ3v) is 4.67. The molecule has 3 aromatic heterocycles. The molecule has 0 atom stereocenters. The summed E-state index contributed by atoms with van der Waals surface area (Å²) in [7, 11) is 0. The van der Waals surface area contributed by atoms with E-state index in [0.717, 1.165) is 34.8 Å². The zero-order valence-electron chi connectivity index (χ0n) is 13.9. The summed E-state index contributed by atoms with van der Waals surface area (Å²) in [6, 6.07) is 0. The van der Waals surface area contributed by atoms with Gasteiger partial charge >= 0.3 is 0 Å². The first kappa shape index (κ1) is 16.4. The standard InChI is InChI=1S/C15H19N7OS/c1-4-5-13-20-21-15(24-13)19-12(23)7-6-11-9(2)18-14-16-8-17-22(14)10(11)3/h8H,4-7H2,1-3H3,(H,19,21,23). The Bertz CT molecular complexity index is 870. The van der Waals surface area contributed by atoms with E-state index >= 15 is 0 Å². The van der Waals surface area contributed by atoms with Crippen LogP contribution in [0.1, 0.15) is 41.7 Å². The summed E-state index contributed by atoms with van der Waals surface area (Å²) in [5, 5.41) is 16.5. The second kappa shape index (κ2) is 7.00. The number of aromatic nitrogens is 6. The minimum atomic E-state index is -0.0771. The van der Waals surface area contributed by atoms with Crippen LogP contribution in [0.3, 0.4) is 0 Å². The molecule has 0 unspecified atom stereocenters. The predicted molar refractivity (Wildman–Crippen MR) is 91.1 cm³/mol. The first-order chi connectivity index (χ1) is 11.6. The van der Waals surface area contributed by atoms with Crippen molar-refractivity contribution < 1.29 is 4.79 Å². The topological polar surface area (TPSA) is 98.0 Å². The number of anilines is 1. The molecule has 0 aliphatic carbocycles. The van der Waals surface area contributed by atoms with E-state index in [2.05, 4.69) is 37.5 Å². The molecule has 0 spiro atoms. The molecule has 0 radical (unpaired) electrons. The van der Waals surface area contributed by atoms with Gasteiger partial charge in [-0.2, -0.15) is 10.1 Å². The lowest BCUT2D eigenvalue weighted by Crippen LogP contribution is -2.14. The highest BCUT2D eigenvalue weighted by atomic mass is 32.1. The average molecular weight is 345 g/mol. The van der Waals surface area contributed by atoms with Gasteiger partial charge in [0.25, 0.3) is 5.78 Å². The molecule has 0 fully saturated rings. The van der Waals surface area contributed by atoms with Crippen LogP contribution in [0.25, 0.3) is 5.78 Å². The van der Waals surface area contributed by atoms with Crippen molar-refractivity contribution in [2.75, 3.05) is 5.32 Å². The van der Waals surface area contributed by atoms with Crippen LogP contribution in [-0.2, 0) is 17.6 Å². The van der Waals surface area contributed by atoms with Crippen molar-refractivity contribution in [3.05, 3.63) is 28.3 Å². The lowest BCUT2D eigenvalue weighted by atomic mass is 10.1. The van der Waals surface area contributed by atoms with E-state index in [4.69, 9.17) is 0 Å². The molecule has 3 heterocycles. The molecule has 3 rings (SSSR count). The summed E-state index contributed by atoms with van der Waals surface area (Å²) in [6.45, 7) is 5.98. The van der Waals surface area contributed by atoms with Crippen molar-refractivity contribution in [1.82, 2.24) is 29.8 Å². The van der Waals surface area contributed by atoms with Crippen molar-refractivity contribution >= 4 is 28.2 Å². The lowest BCUT2D eigenvalue weighted by Gasteiger charge is -2.09. The molecule has 1 amide bonds. The fourth-order valence-electron chi connectivity index (χ4n) is 2.56. The number of carbonyl (C=O) groups excluding carboxylic acids is 1. The Hall–Kier alpha value is -2.42. The van der Waals surface area contributed by atoms with Gasteiger partial charge in [0.2, 0.25) is 11.0 Å². The summed E-state index contributed by atoms with van der Waals surface area (Å²) in [5.74, 6) is 0.502. The normalized spacial score (nSPS) is 11.1. The Kier molecular flexibility index (Phi) is 4.79. The summed E-state index contributed by atoms with van der Waals surface area (Å²) >= 11 is 1.43. The maximum atomic E-state index is 12.2. The van der Waals surface area contributed by atoms with Gasteiger partial charge in [-0.3, -0.25) is 4.79 Å². The Morgan fingerprint density at radius 1 is 1.29 bits per heavy atom. The number of carbonyl (C=O) groups is 1. The number of hydrogen-bond acceptors (Lipinski definition) is 7. The molecule has 24 heavy (non-hydrogen) atoms. The fourth-order valence-corrected chi connectivity index (χ4v) is 3.41. The van der Waals surface area contributed by atoms with Gasteiger partial charge in [-0.1, -0.05) is 18.3 Å². The Balaban J connectivity index is 1.65. The van der Waals surface area contributed by atoms with Crippen LogP contribution >= 0.6 is 11.3 Å². The molecule has 0 aromatic carbocycles. The van der Waals surface area contributed by atoms with Crippen molar-refractivity contribution in [3.8, 4) is 0 Å². The van der Waals surface area contributed by atoms with Crippen LogP contribution in [-0.4, -0.2) is 35.7 Å². The molecule has 0 aliphatic rings. The second-order valence-corrected chi connectivity index (χ2v) is 6.59. The maximum Gasteiger partial charge on any atom is 0.252 e. The maximum absolute atomic E-state index is 12.2. The number of fused-ring (bicyclic) bond motifs is 1. The van der Waals surface area contributed by atoms with Crippen LogP contribution in [0.15, 0.2) is 6.33 Å². The van der Waals surface area contributed by atoms with Gasteiger partial charge in [-0.25, -0.2) is 9.50 Å². The Morgan fingerprint density at radius 3 is 2.92 bits per heavy atom. The Labute approximate surface area is 143 Å². The molecule has 9 heteroatoms. The van der Waals surface area contributed by atoms with Crippen LogP contribution in [0, 0.1) is 13.8 Å². The minimum Gasteiger partial charge on any atom is -0.301 e. The molecule has 0 saturated heterocycles. The molecule has 1 N–H and O–H groups in total. The smallest absolute Gasteiger partial charge is 0.252 e. The van der Waals surface area contributed by atoms with E-state index in [0.29, 0.717) is 23.8 Å². The molecule has 3 aromatic rings. The van der Waals surface area contributed by atoms with Gasteiger partial charge < -0.3 is 5.32 Å². The van der Waals surface area contributed by atoms with E-state index in [-0.39, 0.29) is 5.91 Å². The van der Waals surface area contributed by atoms with Crippen molar-refractivity contribution in [1.29, 1.82) is 0 Å². The molecule has 0 aliphatic heterocycles. The van der Waals surface area contributed by atoms with Crippen LogP contribution in [0.4, 0.5) is 5.13 Å². The van der Waals surface area contributed by atoms with E-state index < -0.39 is 0 Å². The van der Waals surface area contributed by atoms with Crippen molar-refractivity contribution in [3.63, 3.8) is 0 Å². The van der Waals surface area contributed by atoms with Gasteiger partial charge in [-0.05, 0) is 32.3 Å². The number of aryl methyl sites for hydroxylation is 3. The van der Waals surface area contributed by atoms with Gasteiger partial charge in [0.1, 0.15) is 11.3 Å². The highest BCUT2D eigenvalue weighted by molar-refractivity contribution is 7.15. The molecular weight excluding hydrogens is 326 g/mol. The largest absolute Gasteiger partial charge is 0.301 e. The number of nitrogens with one attached hydrogen (secondary N) is 1. The van der Waals surface area contributed by atoms with Gasteiger partial charge in [0.15, 0.2) is 0 Å².